The first-order chi connectivity index (χ1) is 8.61. The van der Waals surface area contributed by atoms with Gasteiger partial charge in [-0.3, -0.25) is 0 Å². The van der Waals surface area contributed by atoms with E-state index in [2.05, 4.69) is 6.92 Å². The van der Waals surface area contributed by atoms with Crippen LogP contribution in [0.4, 0.5) is 0 Å². The highest BCUT2D eigenvalue weighted by atomic mass is 28.4. The van der Waals surface area contributed by atoms with Crippen LogP contribution in [-0.4, -0.2) is 41.4 Å². The zero-order chi connectivity index (χ0) is 14.1. The highest BCUT2D eigenvalue weighted by Gasteiger charge is 2.58. The van der Waals surface area contributed by atoms with Crippen molar-refractivity contribution in [1.82, 2.24) is 0 Å². The standard InChI is InChI=1S/C11H24O3Si.C2H4O/c1-5-8-11(12-2)9-6-7-10-15(11,13-3)14-4;1-2-3/h5-10H2,1-4H3;2H,1H3. The Balaban J connectivity index is 0.000000873. The van der Waals surface area contributed by atoms with Gasteiger partial charge in [0.15, 0.2) is 0 Å². The Bertz CT molecular complexity index is 227. The lowest BCUT2D eigenvalue weighted by atomic mass is 10.1. The van der Waals surface area contributed by atoms with Gasteiger partial charge in [0.25, 0.3) is 0 Å². The molecule has 5 heteroatoms. The van der Waals surface area contributed by atoms with E-state index in [0.717, 1.165) is 31.6 Å². The van der Waals surface area contributed by atoms with E-state index in [9.17, 15) is 0 Å². The van der Waals surface area contributed by atoms with Gasteiger partial charge in [-0.25, -0.2) is 0 Å². The molecule has 18 heavy (non-hydrogen) atoms. The molecule has 0 aromatic rings. The summed E-state index contributed by atoms with van der Waals surface area (Å²) in [6.45, 7) is 3.64. The second-order valence-corrected chi connectivity index (χ2v) is 8.29. The van der Waals surface area contributed by atoms with Crippen molar-refractivity contribution in [2.24, 2.45) is 0 Å². The summed E-state index contributed by atoms with van der Waals surface area (Å²) in [4.78, 5) is 8.81. The number of hydrogen-bond acceptors (Lipinski definition) is 4. The van der Waals surface area contributed by atoms with Crippen LogP contribution >= 0.6 is 0 Å². The molecule has 1 saturated heterocycles. The lowest BCUT2D eigenvalue weighted by molar-refractivity contribution is -0.106. The highest BCUT2D eigenvalue weighted by molar-refractivity contribution is 6.70. The zero-order valence-electron chi connectivity index (χ0n) is 12.5. The van der Waals surface area contributed by atoms with Gasteiger partial charge in [-0.15, -0.1) is 0 Å². The Labute approximate surface area is 112 Å². The number of ether oxygens (including phenoxy) is 1. The monoisotopic (exact) mass is 276 g/mol. The second-order valence-electron chi connectivity index (χ2n) is 4.55. The molecule has 4 nitrogen and oxygen atoms in total. The van der Waals surface area contributed by atoms with Crippen LogP contribution in [0.1, 0.15) is 46.0 Å². The molecule has 1 unspecified atom stereocenters. The molecule has 1 atom stereocenters. The predicted octanol–water partition coefficient (Wildman–Crippen LogP) is 2.84. The molecule has 1 aliphatic rings. The molecule has 1 aliphatic heterocycles. The van der Waals surface area contributed by atoms with Crippen molar-refractivity contribution in [3.8, 4) is 0 Å². The lowest BCUT2D eigenvalue weighted by Crippen LogP contribution is -2.64. The van der Waals surface area contributed by atoms with Crippen molar-refractivity contribution in [1.29, 1.82) is 0 Å². The molecule has 1 fully saturated rings. The van der Waals surface area contributed by atoms with Crippen LogP contribution < -0.4 is 0 Å². The van der Waals surface area contributed by atoms with Crippen LogP contribution in [0.25, 0.3) is 0 Å². The number of carbonyl (C=O) groups is 1. The first kappa shape index (κ1) is 17.8. The fourth-order valence-corrected chi connectivity index (χ4v) is 6.91. The van der Waals surface area contributed by atoms with E-state index < -0.39 is 8.56 Å². The summed E-state index contributed by atoms with van der Waals surface area (Å²) < 4.78 is 17.4. The zero-order valence-corrected chi connectivity index (χ0v) is 13.5. The van der Waals surface area contributed by atoms with Crippen LogP contribution in [0.2, 0.25) is 6.04 Å². The van der Waals surface area contributed by atoms with Gasteiger partial charge in [-0.1, -0.05) is 26.2 Å². The summed E-state index contributed by atoms with van der Waals surface area (Å²) in [6, 6.07) is 1.06. The van der Waals surface area contributed by atoms with Crippen molar-refractivity contribution >= 4 is 14.8 Å². The van der Waals surface area contributed by atoms with Crippen LogP contribution in [0.3, 0.4) is 0 Å². The van der Waals surface area contributed by atoms with Crippen molar-refractivity contribution in [3.63, 3.8) is 0 Å². The van der Waals surface area contributed by atoms with E-state index >= 15 is 0 Å². The maximum absolute atomic E-state index is 8.81. The minimum Gasteiger partial charge on any atom is -0.396 e. The van der Waals surface area contributed by atoms with Crippen LogP contribution in [-0.2, 0) is 18.4 Å². The molecule has 0 radical (unpaired) electrons. The van der Waals surface area contributed by atoms with E-state index in [-0.39, 0.29) is 5.22 Å². The third kappa shape index (κ3) is 3.63. The molecule has 0 aromatic carbocycles. The summed E-state index contributed by atoms with van der Waals surface area (Å²) in [5, 5.41) is -0.122. The fraction of sp³-hybridized carbons (Fsp3) is 0.923. The molecular weight excluding hydrogens is 248 g/mol. The topological polar surface area (TPSA) is 44.8 Å². The normalized spacial score (nSPS) is 26.1. The summed E-state index contributed by atoms with van der Waals surface area (Å²) in [5.74, 6) is 0. The minimum atomic E-state index is -2.15. The molecule has 108 valence electrons. The molecule has 1 heterocycles. The third-order valence-corrected chi connectivity index (χ3v) is 8.16. The van der Waals surface area contributed by atoms with Gasteiger partial charge >= 0.3 is 8.56 Å². The lowest BCUT2D eigenvalue weighted by Gasteiger charge is -2.47. The molecule has 0 spiro atoms. The molecular formula is C13H28O4Si. The van der Waals surface area contributed by atoms with E-state index in [1.165, 1.54) is 19.8 Å². The van der Waals surface area contributed by atoms with Crippen molar-refractivity contribution < 1.29 is 18.4 Å². The molecule has 1 rings (SSSR count). The van der Waals surface area contributed by atoms with Crippen molar-refractivity contribution in [2.75, 3.05) is 21.3 Å². The Morgan fingerprint density at radius 1 is 1.22 bits per heavy atom. The number of aldehydes is 1. The first-order valence-electron chi connectivity index (χ1n) is 6.67. The summed E-state index contributed by atoms with van der Waals surface area (Å²) in [6.07, 6.45) is 6.45. The molecule has 0 bridgehead atoms. The number of methoxy groups -OCH3 is 1. The maximum Gasteiger partial charge on any atom is 0.370 e. The highest BCUT2D eigenvalue weighted by Crippen LogP contribution is 2.42. The van der Waals surface area contributed by atoms with Crippen molar-refractivity contribution in [2.45, 2.75) is 57.2 Å². The third-order valence-electron chi connectivity index (χ3n) is 3.73. The Hall–Kier alpha value is -0.233. The van der Waals surface area contributed by atoms with Gasteiger partial charge in [0.05, 0.1) is 0 Å². The smallest absolute Gasteiger partial charge is 0.370 e. The van der Waals surface area contributed by atoms with Gasteiger partial charge in [-0.2, -0.15) is 0 Å². The van der Waals surface area contributed by atoms with E-state index in [1.807, 2.05) is 0 Å². The van der Waals surface area contributed by atoms with Gasteiger partial charge < -0.3 is 18.4 Å². The van der Waals surface area contributed by atoms with Crippen LogP contribution in [0, 0.1) is 0 Å². The molecule has 0 aliphatic carbocycles. The quantitative estimate of drug-likeness (QED) is 0.572. The minimum absolute atomic E-state index is 0.122. The first-order valence-corrected chi connectivity index (χ1v) is 8.69. The number of carbonyl (C=O) groups excluding carboxylic acids is 1. The summed E-state index contributed by atoms with van der Waals surface area (Å²) >= 11 is 0. The van der Waals surface area contributed by atoms with Gasteiger partial charge in [0.1, 0.15) is 11.5 Å². The Morgan fingerprint density at radius 3 is 2.17 bits per heavy atom. The summed E-state index contributed by atoms with van der Waals surface area (Å²) in [5.41, 5.74) is 0. The number of rotatable bonds is 5. The SMILES string of the molecule is CC=O.CCCC1(OC)CCCC[Si]1(OC)OC. The van der Waals surface area contributed by atoms with Crippen LogP contribution in [0.15, 0.2) is 0 Å². The Kier molecular flexibility index (Phi) is 8.68. The fourth-order valence-electron chi connectivity index (χ4n) is 2.92. The predicted molar refractivity (Wildman–Crippen MR) is 74.8 cm³/mol. The largest absolute Gasteiger partial charge is 0.396 e. The summed E-state index contributed by atoms with van der Waals surface area (Å²) in [7, 11) is 3.22. The van der Waals surface area contributed by atoms with E-state index in [1.54, 1.807) is 21.3 Å². The average Bonchev–Trinajstić information content (AvgIpc) is 2.40. The molecule has 0 N–H and O–H groups in total. The molecule has 0 amide bonds. The van der Waals surface area contributed by atoms with E-state index in [4.69, 9.17) is 18.4 Å². The molecule has 0 saturated carbocycles. The van der Waals surface area contributed by atoms with Crippen LogP contribution in [0.5, 0.6) is 0 Å². The second kappa shape index (κ2) is 8.80. The van der Waals surface area contributed by atoms with Gasteiger partial charge in [0, 0.05) is 21.3 Å². The average molecular weight is 276 g/mol. The van der Waals surface area contributed by atoms with Crippen molar-refractivity contribution in [3.05, 3.63) is 0 Å². The van der Waals surface area contributed by atoms with E-state index in [0.29, 0.717) is 0 Å². The molecule has 0 aromatic heterocycles. The Morgan fingerprint density at radius 2 is 1.78 bits per heavy atom. The maximum atomic E-state index is 8.81. The number of hydrogen-bond donors (Lipinski definition) is 0. The van der Waals surface area contributed by atoms with Gasteiger partial charge in [0.2, 0.25) is 0 Å². The van der Waals surface area contributed by atoms with Gasteiger partial charge in [-0.05, 0) is 25.8 Å².